The highest BCUT2D eigenvalue weighted by atomic mass is 32.2. The third-order valence-corrected chi connectivity index (χ3v) is 8.91. The number of hydrogen-bond donors (Lipinski definition) is 1. The lowest BCUT2D eigenvalue weighted by Gasteiger charge is -2.13. The van der Waals surface area contributed by atoms with E-state index in [-0.39, 0.29) is 18.7 Å². The molecular formula is C36H68O7S. The molecule has 0 fully saturated rings. The van der Waals surface area contributed by atoms with Gasteiger partial charge in [0.2, 0.25) is 0 Å². The third-order valence-electron chi connectivity index (χ3n) is 8.23. The van der Waals surface area contributed by atoms with Crippen LogP contribution in [0.25, 0.3) is 0 Å². The van der Waals surface area contributed by atoms with E-state index in [0.29, 0.717) is 18.4 Å². The number of hydrogen-bond acceptors (Lipinski definition) is 6. The number of esters is 2. The molecule has 0 aromatic heterocycles. The molecule has 0 aliphatic heterocycles. The standard InChI is InChI=1S/C36H68O7S/c1-4-5-6-7-8-9-10-11-12-13-14-15-16-17-18-19-20-21-22-27-30-35(37)43-34(3)29-26-24-23-25-28-33(2)36(38)42-31-32-44(39,40)41/h28,34H,4-27,29-32H2,1-3H3,(H,39,40,41)/b33-28-/t34-/m1/s1. The number of carbonyl (C=O) groups excluding carboxylic acids is 2. The van der Waals surface area contributed by atoms with E-state index in [4.69, 9.17) is 14.0 Å². The van der Waals surface area contributed by atoms with Crippen LogP contribution in [0.15, 0.2) is 11.6 Å². The number of carbonyl (C=O) groups is 2. The monoisotopic (exact) mass is 644 g/mol. The lowest BCUT2D eigenvalue weighted by atomic mass is 10.0. The number of unbranched alkanes of at least 4 members (excludes halogenated alkanes) is 22. The van der Waals surface area contributed by atoms with Crippen molar-refractivity contribution < 1.29 is 32.0 Å². The Morgan fingerprint density at radius 1 is 0.682 bits per heavy atom. The normalized spacial score (nSPS) is 12.8. The Morgan fingerprint density at radius 3 is 1.57 bits per heavy atom. The molecule has 0 radical (unpaired) electrons. The van der Waals surface area contributed by atoms with Crippen LogP contribution in [0.3, 0.4) is 0 Å². The van der Waals surface area contributed by atoms with E-state index >= 15 is 0 Å². The molecule has 1 N–H and O–H groups in total. The third kappa shape index (κ3) is 32.0. The van der Waals surface area contributed by atoms with E-state index in [1.807, 2.05) is 6.92 Å². The van der Waals surface area contributed by atoms with Gasteiger partial charge in [-0.3, -0.25) is 9.35 Å². The number of ether oxygens (including phenoxy) is 2. The molecule has 8 heteroatoms. The van der Waals surface area contributed by atoms with Gasteiger partial charge in [-0.05, 0) is 46.0 Å². The van der Waals surface area contributed by atoms with Crippen molar-refractivity contribution in [2.24, 2.45) is 0 Å². The molecule has 0 bridgehead atoms. The van der Waals surface area contributed by atoms with Crippen molar-refractivity contribution in [2.75, 3.05) is 12.4 Å². The Kier molecular flexibility index (Phi) is 29.3. The number of allylic oxidation sites excluding steroid dienone is 1. The smallest absolute Gasteiger partial charge is 0.333 e. The fourth-order valence-corrected chi connectivity index (χ4v) is 5.67. The van der Waals surface area contributed by atoms with Gasteiger partial charge in [0.05, 0.1) is 6.10 Å². The molecule has 0 rings (SSSR count). The van der Waals surface area contributed by atoms with Crippen molar-refractivity contribution in [3.05, 3.63) is 11.6 Å². The highest BCUT2D eigenvalue weighted by Crippen LogP contribution is 2.16. The largest absolute Gasteiger partial charge is 0.463 e. The number of rotatable bonds is 32. The lowest BCUT2D eigenvalue weighted by Crippen LogP contribution is -2.15. The van der Waals surface area contributed by atoms with Gasteiger partial charge >= 0.3 is 11.9 Å². The first kappa shape index (κ1) is 42.6. The predicted octanol–water partition coefficient (Wildman–Crippen LogP) is 10.5. The van der Waals surface area contributed by atoms with Gasteiger partial charge in [0.25, 0.3) is 10.1 Å². The van der Waals surface area contributed by atoms with Crippen molar-refractivity contribution in [1.29, 1.82) is 0 Å². The molecule has 0 aliphatic rings. The van der Waals surface area contributed by atoms with Gasteiger partial charge in [-0.1, -0.05) is 141 Å². The van der Waals surface area contributed by atoms with Gasteiger partial charge in [0, 0.05) is 12.0 Å². The van der Waals surface area contributed by atoms with Crippen LogP contribution in [0.1, 0.15) is 188 Å². The Labute approximate surface area is 271 Å². The molecule has 260 valence electrons. The molecule has 0 saturated carbocycles. The molecule has 7 nitrogen and oxygen atoms in total. The summed E-state index contributed by atoms with van der Waals surface area (Å²) in [6.45, 7) is 5.49. The summed E-state index contributed by atoms with van der Waals surface area (Å²) >= 11 is 0. The van der Waals surface area contributed by atoms with Gasteiger partial charge < -0.3 is 9.47 Å². The molecule has 1 atom stereocenters. The molecule has 0 spiro atoms. The fraction of sp³-hybridized carbons (Fsp3) is 0.889. The first-order valence-corrected chi connectivity index (χ1v) is 19.7. The second-order valence-electron chi connectivity index (χ2n) is 12.7. The summed E-state index contributed by atoms with van der Waals surface area (Å²) < 4.78 is 40.4. The van der Waals surface area contributed by atoms with Crippen LogP contribution < -0.4 is 0 Å². The molecule has 44 heavy (non-hydrogen) atoms. The van der Waals surface area contributed by atoms with Crippen molar-refractivity contribution in [2.45, 2.75) is 194 Å². The van der Waals surface area contributed by atoms with E-state index in [1.165, 1.54) is 116 Å². The summed E-state index contributed by atoms with van der Waals surface area (Å²) in [5.41, 5.74) is 0.424. The molecule has 0 heterocycles. The van der Waals surface area contributed by atoms with Gasteiger partial charge in [0.1, 0.15) is 12.4 Å². The first-order chi connectivity index (χ1) is 21.2. The minimum atomic E-state index is -4.13. The maximum Gasteiger partial charge on any atom is 0.333 e. The molecule has 0 aromatic carbocycles. The van der Waals surface area contributed by atoms with E-state index in [2.05, 4.69) is 6.92 Å². The zero-order chi connectivity index (χ0) is 32.7. The summed E-state index contributed by atoms with van der Waals surface area (Å²) in [5, 5.41) is 0. The van der Waals surface area contributed by atoms with Crippen molar-refractivity contribution in [1.82, 2.24) is 0 Å². The van der Waals surface area contributed by atoms with Crippen LogP contribution in [0.2, 0.25) is 0 Å². The van der Waals surface area contributed by atoms with Crippen molar-refractivity contribution >= 4 is 22.1 Å². The first-order valence-electron chi connectivity index (χ1n) is 18.1. The fourth-order valence-electron chi connectivity index (χ4n) is 5.38. The van der Waals surface area contributed by atoms with E-state index in [1.54, 1.807) is 13.0 Å². The summed E-state index contributed by atoms with van der Waals surface area (Å²) in [6.07, 6.45) is 33.5. The highest BCUT2D eigenvalue weighted by molar-refractivity contribution is 7.85. The summed E-state index contributed by atoms with van der Waals surface area (Å²) in [5.74, 6) is -1.27. The summed E-state index contributed by atoms with van der Waals surface area (Å²) in [4.78, 5) is 23.9. The second-order valence-corrected chi connectivity index (χ2v) is 14.3. The van der Waals surface area contributed by atoms with Gasteiger partial charge in [-0.25, -0.2) is 4.79 Å². The van der Waals surface area contributed by atoms with Gasteiger partial charge in [-0.15, -0.1) is 0 Å². The van der Waals surface area contributed by atoms with Crippen molar-refractivity contribution in [3.63, 3.8) is 0 Å². The van der Waals surface area contributed by atoms with Crippen LogP contribution in [0.4, 0.5) is 0 Å². The van der Waals surface area contributed by atoms with Gasteiger partial charge in [0.15, 0.2) is 0 Å². The minimum Gasteiger partial charge on any atom is -0.463 e. The van der Waals surface area contributed by atoms with E-state index in [9.17, 15) is 18.0 Å². The minimum absolute atomic E-state index is 0.0809. The SMILES string of the molecule is CCCCCCCCCCCCCCCCCCCCCCC(=O)O[C@H](C)CCCCC/C=C(/C)C(=O)OCCS(=O)(=O)O. The average molecular weight is 645 g/mol. The Balaban J connectivity index is 3.47. The van der Waals surface area contributed by atoms with Crippen LogP contribution in [-0.2, 0) is 29.2 Å². The lowest BCUT2D eigenvalue weighted by molar-refractivity contribution is -0.148. The summed E-state index contributed by atoms with van der Waals surface area (Å²) in [7, 11) is -4.13. The predicted molar refractivity (Wildman–Crippen MR) is 182 cm³/mol. The zero-order valence-corrected chi connectivity index (χ0v) is 29.6. The molecule has 0 aromatic rings. The maximum atomic E-state index is 12.1. The van der Waals surface area contributed by atoms with Crippen molar-refractivity contribution in [3.8, 4) is 0 Å². The maximum absolute atomic E-state index is 12.1. The Morgan fingerprint density at radius 2 is 1.11 bits per heavy atom. The Hall–Kier alpha value is -1.41. The molecular weight excluding hydrogens is 576 g/mol. The molecule has 0 aliphatic carbocycles. The zero-order valence-electron chi connectivity index (χ0n) is 28.8. The quantitative estimate of drug-likeness (QED) is 0.0336. The van der Waals surface area contributed by atoms with Crippen LogP contribution in [0.5, 0.6) is 0 Å². The molecule has 0 unspecified atom stereocenters. The molecule has 0 saturated heterocycles. The Bertz CT molecular complexity index is 822. The topological polar surface area (TPSA) is 107 Å². The average Bonchev–Trinajstić information content (AvgIpc) is 2.97. The van der Waals surface area contributed by atoms with Gasteiger partial charge in [-0.2, -0.15) is 8.42 Å². The summed E-state index contributed by atoms with van der Waals surface area (Å²) in [6, 6.07) is 0. The van der Waals surface area contributed by atoms with Crippen LogP contribution >= 0.6 is 0 Å². The van der Waals surface area contributed by atoms with E-state index in [0.717, 1.165) is 38.5 Å². The van der Waals surface area contributed by atoms with E-state index < -0.39 is 21.8 Å². The second kappa shape index (κ2) is 30.3. The van der Waals surface area contributed by atoms with Crippen LogP contribution in [-0.4, -0.2) is 43.4 Å². The highest BCUT2D eigenvalue weighted by Gasteiger charge is 2.11. The molecule has 0 amide bonds. The van der Waals surface area contributed by atoms with Crippen LogP contribution in [0, 0.1) is 0 Å².